The highest BCUT2D eigenvalue weighted by atomic mass is 16.5. The van der Waals surface area contributed by atoms with Gasteiger partial charge >= 0.3 is 0 Å². The summed E-state index contributed by atoms with van der Waals surface area (Å²) in [5.41, 5.74) is 0.715. The van der Waals surface area contributed by atoms with Crippen molar-refractivity contribution in [3.05, 3.63) is 48.8 Å². The lowest BCUT2D eigenvalue weighted by molar-refractivity contribution is 0.303. The Labute approximate surface area is 198 Å². The Hall–Kier alpha value is -3.27. The molecule has 0 amide bonds. The van der Waals surface area contributed by atoms with Gasteiger partial charge < -0.3 is 14.8 Å². The maximum absolute atomic E-state index is 8.87. The number of pyridine rings is 1. The van der Waals surface area contributed by atoms with Crippen LogP contribution in [0.2, 0.25) is 0 Å². The van der Waals surface area contributed by atoms with Gasteiger partial charge in [-0.05, 0) is 49.2 Å². The van der Waals surface area contributed by atoms with Crippen molar-refractivity contribution in [1.29, 1.82) is 5.26 Å². The van der Waals surface area contributed by atoms with Crippen LogP contribution >= 0.6 is 0 Å². The SMILES string of the molecule is COc1ccc(OCCCCCCCCCCCCN/C(=N/c2cccnc2)NC#N)cc1. The van der Waals surface area contributed by atoms with Crippen molar-refractivity contribution in [3.8, 4) is 17.7 Å². The van der Waals surface area contributed by atoms with Crippen molar-refractivity contribution >= 4 is 11.6 Å². The van der Waals surface area contributed by atoms with E-state index >= 15 is 0 Å². The molecule has 1 aromatic heterocycles. The summed E-state index contributed by atoms with van der Waals surface area (Å²) in [4.78, 5) is 8.39. The van der Waals surface area contributed by atoms with Crippen molar-refractivity contribution in [3.63, 3.8) is 0 Å². The fourth-order valence-corrected chi connectivity index (χ4v) is 3.42. The minimum Gasteiger partial charge on any atom is -0.497 e. The third kappa shape index (κ3) is 12.4. The molecule has 0 aliphatic carbocycles. The molecule has 178 valence electrons. The lowest BCUT2D eigenvalue weighted by Crippen LogP contribution is -2.34. The first-order chi connectivity index (χ1) is 16.3. The lowest BCUT2D eigenvalue weighted by Gasteiger charge is -2.08. The Kier molecular flexibility index (Phi) is 13.6. The molecular weight excluding hydrogens is 414 g/mol. The molecule has 2 rings (SSSR count). The molecule has 1 aromatic carbocycles. The third-order valence-corrected chi connectivity index (χ3v) is 5.25. The maximum atomic E-state index is 8.87. The Balaban J connectivity index is 1.38. The largest absolute Gasteiger partial charge is 0.497 e. The molecule has 2 N–H and O–H groups in total. The summed E-state index contributed by atoms with van der Waals surface area (Å²) in [6.45, 7) is 1.57. The van der Waals surface area contributed by atoms with E-state index in [1.54, 1.807) is 19.5 Å². The summed E-state index contributed by atoms with van der Waals surface area (Å²) in [5, 5.41) is 14.7. The molecule has 0 bridgehead atoms. The van der Waals surface area contributed by atoms with Crippen LogP contribution in [0.1, 0.15) is 64.2 Å². The average Bonchev–Trinajstić information content (AvgIpc) is 2.85. The molecule has 1 heterocycles. The van der Waals surface area contributed by atoms with Crippen molar-refractivity contribution in [2.75, 3.05) is 20.3 Å². The van der Waals surface area contributed by atoms with Gasteiger partial charge in [0.1, 0.15) is 11.5 Å². The van der Waals surface area contributed by atoms with E-state index < -0.39 is 0 Å². The van der Waals surface area contributed by atoms with Gasteiger partial charge in [-0.25, -0.2) is 4.99 Å². The van der Waals surface area contributed by atoms with E-state index in [1.165, 1.54) is 51.4 Å². The Morgan fingerprint density at radius 3 is 2.15 bits per heavy atom. The second-order valence-corrected chi connectivity index (χ2v) is 7.89. The fourth-order valence-electron chi connectivity index (χ4n) is 3.42. The van der Waals surface area contributed by atoms with Gasteiger partial charge in [0.2, 0.25) is 5.96 Å². The first kappa shape index (κ1) is 26.0. The van der Waals surface area contributed by atoms with Crippen molar-refractivity contribution in [2.24, 2.45) is 4.99 Å². The van der Waals surface area contributed by atoms with Crippen molar-refractivity contribution < 1.29 is 9.47 Å². The van der Waals surface area contributed by atoms with Crippen molar-refractivity contribution in [1.82, 2.24) is 15.6 Å². The number of aromatic nitrogens is 1. The summed E-state index contributed by atoms with van der Waals surface area (Å²) < 4.78 is 10.9. The molecule has 0 radical (unpaired) electrons. The van der Waals surface area contributed by atoms with E-state index in [0.717, 1.165) is 37.5 Å². The van der Waals surface area contributed by atoms with E-state index in [-0.39, 0.29) is 0 Å². The number of nitriles is 1. The predicted molar refractivity (Wildman–Crippen MR) is 133 cm³/mol. The van der Waals surface area contributed by atoms with Gasteiger partial charge in [-0.15, -0.1) is 0 Å². The number of guanidine groups is 1. The maximum Gasteiger partial charge on any atom is 0.209 e. The molecule has 0 spiro atoms. The number of hydrogen-bond donors (Lipinski definition) is 2. The zero-order valence-electron chi connectivity index (χ0n) is 19.8. The molecule has 0 fully saturated rings. The third-order valence-electron chi connectivity index (χ3n) is 5.25. The summed E-state index contributed by atoms with van der Waals surface area (Å²) in [6.07, 6.45) is 17.6. The molecule has 2 aromatic rings. The first-order valence-corrected chi connectivity index (χ1v) is 12.0. The molecule has 0 aliphatic heterocycles. The zero-order valence-corrected chi connectivity index (χ0v) is 19.8. The van der Waals surface area contributed by atoms with Crippen LogP contribution in [0.25, 0.3) is 0 Å². The van der Waals surface area contributed by atoms with Gasteiger partial charge in [-0.1, -0.05) is 51.4 Å². The zero-order chi connectivity index (χ0) is 23.4. The predicted octanol–water partition coefficient (Wildman–Crippen LogP) is 5.72. The van der Waals surface area contributed by atoms with Gasteiger partial charge in [0, 0.05) is 12.7 Å². The molecule has 7 heteroatoms. The van der Waals surface area contributed by atoms with Crippen LogP contribution < -0.4 is 20.1 Å². The van der Waals surface area contributed by atoms with Crippen LogP contribution in [0.3, 0.4) is 0 Å². The number of nitrogens with one attached hydrogen (secondary N) is 2. The molecule has 7 nitrogen and oxygen atoms in total. The van der Waals surface area contributed by atoms with Crippen LogP contribution in [0, 0.1) is 11.5 Å². The van der Waals surface area contributed by atoms with E-state index in [4.69, 9.17) is 14.7 Å². The topological polar surface area (TPSA) is 91.6 Å². The number of aliphatic imine (C=N–C) groups is 1. The van der Waals surface area contributed by atoms with Crippen LogP contribution in [0.5, 0.6) is 11.5 Å². The Morgan fingerprint density at radius 2 is 1.55 bits per heavy atom. The minimum absolute atomic E-state index is 0.472. The standard InChI is InChI=1S/C26H37N5O2/c1-32-24-14-16-25(17-15-24)33-20-11-9-7-5-3-2-4-6-8-10-19-29-26(30-22-27)31-23-13-12-18-28-21-23/h12-18,21H,2-11,19-20H2,1H3,(H2,29,30,31). The Morgan fingerprint density at radius 1 is 0.909 bits per heavy atom. The quantitative estimate of drug-likeness (QED) is 0.112. The van der Waals surface area contributed by atoms with E-state index in [1.807, 2.05) is 42.6 Å². The highest BCUT2D eigenvalue weighted by Gasteiger charge is 1.99. The van der Waals surface area contributed by atoms with E-state index in [9.17, 15) is 0 Å². The van der Waals surface area contributed by atoms with Gasteiger partial charge in [-0.3, -0.25) is 10.3 Å². The number of nitrogens with zero attached hydrogens (tertiary/aromatic N) is 3. The number of ether oxygens (including phenoxy) is 2. The lowest BCUT2D eigenvalue weighted by atomic mass is 10.1. The number of unbranched alkanes of at least 4 members (excludes halogenated alkanes) is 9. The number of rotatable bonds is 16. The average molecular weight is 452 g/mol. The number of hydrogen-bond acceptors (Lipinski definition) is 5. The summed E-state index contributed by atoms with van der Waals surface area (Å²) in [5.74, 6) is 2.23. The molecule has 0 atom stereocenters. The fraction of sp³-hybridized carbons (Fsp3) is 0.500. The normalized spacial score (nSPS) is 11.0. The van der Waals surface area contributed by atoms with Gasteiger partial charge in [0.15, 0.2) is 6.19 Å². The van der Waals surface area contributed by atoms with Crippen LogP contribution in [-0.2, 0) is 0 Å². The smallest absolute Gasteiger partial charge is 0.209 e. The molecule has 0 saturated heterocycles. The summed E-state index contributed by atoms with van der Waals surface area (Å²) in [6, 6.07) is 11.4. The summed E-state index contributed by atoms with van der Waals surface area (Å²) >= 11 is 0. The molecule has 0 saturated carbocycles. The molecule has 0 unspecified atom stereocenters. The minimum atomic E-state index is 0.472. The highest BCUT2D eigenvalue weighted by molar-refractivity contribution is 5.83. The Bertz CT molecular complexity index is 819. The monoisotopic (exact) mass is 451 g/mol. The number of benzene rings is 1. The van der Waals surface area contributed by atoms with Crippen LogP contribution in [-0.4, -0.2) is 31.2 Å². The van der Waals surface area contributed by atoms with Gasteiger partial charge in [-0.2, -0.15) is 5.26 Å². The molecular formula is C26H37N5O2. The van der Waals surface area contributed by atoms with Gasteiger partial charge in [0.25, 0.3) is 0 Å². The van der Waals surface area contributed by atoms with Crippen molar-refractivity contribution in [2.45, 2.75) is 64.2 Å². The van der Waals surface area contributed by atoms with E-state index in [2.05, 4.69) is 20.6 Å². The highest BCUT2D eigenvalue weighted by Crippen LogP contribution is 2.17. The van der Waals surface area contributed by atoms with Gasteiger partial charge in [0.05, 0.1) is 25.6 Å². The van der Waals surface area contributed by atoms with Crippen LogP contribution in [0.4, 0.5) is 5.69 Å². The number of methoxy groups -OCH3 is 1. The summed E-state index contributed by atoms with van der Waals surface area (Å²) in [7, 11) is 1.67. The molecule has 33 heavy (non-hydrogen) atoms. The first-order valence-electron chi connectivity index (χ1n) is 12.0. The van der Waals surface area contributed by atoms with Crippen LogP contribution in [0.15, 0.2) is 53.8 Å². The molecule has 0 aliphatic rings. The van der Waals surface area contributed by atoms with E-state index in [0.29, 0.717) is 11.6 Å². The second-order valence-electron chi connectivity index (χ2n) is 7.89. The second kappa shape index (κ2) is 17.3.